The topological polar surface area (TPSA) is 3.88 Å². The number of nitrogens with zero attached hydrogens (tertiary/aromatic N) is 1. The lowest BCUT2D eigenvalue weighted by Crippen LogP contribution is -3.00. The molecule has 0 fully saturated rings. The third-order valence-electron chi connectivity index (χ3n) is 1.21. The first-order chi connectivity index (χ1) is 4.84. The lowest BCUT2D eigenvalue weighted by atomic mass is 10.5. The number of pyridine rings is 1. The standard InChI is InChI=1S/C8H9ClN.HI/c1-2-6-10-7-4-3-5-8(10)9;/h2-5,7H,1,6H2;1H/q+1;/p-1. The molecule has 0 unspecified atom stereocenters. The van der Waals surface area contributed by atoms with Gasteiger partial charge in [0.15, 0.2) is 12.7 Å². The average Bonchev–Trinajstić information content (AvgIpc) is 1.94. The Hall–Kier alpha value is -0.0900. The Bertz CT molecular complexity index is 237. The fraction of sp³-hybridized carbons (Fsp3) is 0.125. The molecule has 3 heteroatoms. The summed E-state index contributed by atoms with van der Waals surface area (Å²) in [6, 6.07) is 5.70. The third-order valence-corrected chi connectivity index (χ3v) is 1.55. The van der Waals surface area contributed by atoms with Crippen molar-refractivity contribution >= 4 is 11.6 Å². The Balaban J connectivity index is 0.000001000. The second-order valence-corrected chi connectivity index (χ2v) is 2.35. The molecule has 0 amide bonds. The van der Waals surface area contributed by atoms with Crippen LogP contribution < -0.4 is 28.5 Å². The molecule has 1 heterocycles. The quantitative estimate of drug-likeness (QED) is 0.278. The molecular formula is C8H9ClIN. The van der Waals surface area contributed by atoms with E-state index < -0.39 is 0 Å². The molecule has 11 heavy (non-hydrogen) atoms. The van der Waals surface area contributed by atoms with Crippen molar-refractivity contribution in [2.24, 2.45) is 0 Å². The van der Waals surface area contributed by atoms with Crippen molar-refractivity contribution < 1.29 is 28.5 Å². The number of rotatable bonds is 2. The minimum Gasteiger partial charge on any atom is -1.00 e. The zero-order chi connectivity index (χ0) is 7.40. The van der Waals surface area contributed by atoms with Crippen molar-refractivity contribution in [1.29, 1.82) is 0 Å². The van der Waals surface area contributed by atoms with E-state index in [0.29, 0.717) is 0 Å². The van der Waals surface area contributed by atoms with Crippen molar-refractivity contribution in [2.75, 3.05) is 0 Å². The van der Waals surface area contributed by atoms with E-state index in [-0.39, 0.29) is 24.0 Å². The van der Waals surface area contributed by atoms with Gasteiger partial charge in [0, 0.05) is 12.1 Å². The molecule has 0 atom stereocenters. The molecule has 0 saturated carbocycles. The zero-order valence-corrected chi connectivity index (χ0v) is 8.92. The predicted molar refractivity (Wildman–Crippen MR) is 41.8 cm³/mol. The lowest BCUT2D eigenvalue weighted by Gasteiger charge is -1.91. The zero-order valence-electron chi connectivity index (χ0n) is 6.00. The first kappa shape index (κ1) is 10.9. The number of halogens is 2. The highest BCUT2D eigenvalue weighted by atomic mass is 127. The molecule has 0 radical (unpaired) electrons. The normalized spacial score (nSPS) is 8.45. The Kier molecular flexibility index (Phi) is 5.50. The second kappa shape index (κ2) is 5.55. The van der Waals surface area contributed by atoms with Crippen LogP contribution in [0.1, 0.15) is 0 Å². The van der Waals surface area contributed by atoms with Crippen molar-refractivity contribution in [1.82, 2.24) is 0 Å². The van der Waals surface area contributed by atoms with E-state index in [0.717, 1.165) is 11.7 Å². The Labute approximate surface area is 88.7 Å². The Morgan fingerprint density at radius 1 is 1.55 bits per heavy atom. The minimum atomic E-state index is 0. The summed E-state index contributed by atoms with van der Waals surface area (Å²) in [7, 11) is 0. The van der Waals surface area contributed by atoms with Gasteiger partial charge < -0.3 is 24.0 Å². The van der Waals surface area contributed by atoms with Crippen molar-refractivity contribution in [3.8, 4) is 0 Å². The van der Waals surface area contributed by atoms with Crippen LogP contribution in [0.5, 0.6) is 0 Å². The maximum atomic E-state index is 5.82. The van der Waals surface area contributed by atoms with Crippen LogP contribution in [0.25, 0.3) is 0 Å². The fourth-order valence-corrected chi connectivity index (χ4v) is 0.941. The smallest absolute Gasteiger partial charge is 0.275 e. The first-order valence-electron chi connectivity index (χ1n) is 3.09. The first-order valence-corrected chi connectivity index (χ1v) is 3.47. The summed E-state index contributed by atoms with van der Waals surface area (Å²) < 4.78 is 1.91. The average molecular weight is 282 g/mol. The highest BCUT2D eigenvalue weighted by Gasteiger charge is 2.01. The van der Waals surface area contributed by atoms with E-state index >= 15 is 0 Å². The van der Waals surface area contributed by atoms with Gasteiger partial charge in [-0.3, -0.25) is 0 Å². The van der Waals surface area contributed by atoms with Crippen LogP contribution in [0, 0.1) is 0 Å². The molecule has 0 aliphatic carbocycles. The summed E-state index contributed by atoms with van der Waals surface area (Å²) in [5, 5.41) is 0.738. The second-order valence-electron chi connectivity index (χ2n) is 1.96. The summed E-state index contributed by atoms with van der Waals surface area (Å²) in [5.41, 5.74) is 0. The Morgan fingerprint density at radius 3 is 2.82 bits per heavy atom. The summed E-state index contributed by atoms with van der Waals surface area (Å²) in [5.74, 6) is 0. The van der Waals surface area contributed by atoms with Gasteiger partial charge in [-0.1, -0.05) is 6.58 Å². The van der Waals surface area contributed by atoms with Crippen LogP contribution in [-0.2, 0) is 6.54 Å². The fourth-order valence-electron chi connectivity index (χ4n) is 0.743. The van der Waals surface area contributed by atoms with E-state index in [2.05, 4.69) is 6.58 Å². The van der Waals surface area contributed by atoms with E-state index in [1.54, 1.807) is 0 Å². The molecule has 1 nitrogen and oxygen atoms in total. The molecule has 60 valence electrons. The summed E-state index contributed by atoms with van der Waals surface area (Å²) >= 11 is 5.82. The molecule has 0 N–H and O–H groups in total. The van der Waals surface area contributed by atoms with Gasteiger partial charge in [-0.15, -0.1) is 0 Å². The molecule has 0 saturated heterocycles. The summed E-state index contributed by atoms with van der Waals surface area (Å²) in [6.07, 6.45) is 3.73. The maximum Gasteiger partial charge on any atom is 0.275 e. The van der Waals surface area contributed by atoms with Crippen LogP contribution in [-0.4, -0.2) is 0 Å². The summed E-state index contributed by atoms with van der Waals surface area (Å²) in [6.45, 7) is 4.38. The van der Waals surface area contributed by atoms with Gasteiger partial charge in [-0.25, -0.2) is 0 Å². The van der Waals surface area contributed by atoms with Crippen LogP contribution in [0.2, 0.25) is 5.15 Å². The molecule has 0 aliphatic rings. The lowest BCUT2D eigenvalue weighted by molar-refractivity contribution is -0.684. The van der Waals surface area contributed by atoms with Crippen LogP contribution in [0.15, 0.2) is 37.1 Å². The number of aromatic nitrogens is 1. The SMILES string of the molecule is C=CC[n+]1ccccc1Cl.[I-]. The van der Waals surface area contributed by atoms with Crippen LogP contribution in [0.3, 0.4) is 0 Å². The molecule has 1 rings (SSSR count). The maximum absolute atomic E-state index is 5.82. The van der Waals surface area contributed by atoms with E-state index in [4.69, 9.17) is 11.6 Å². The van der Waals surface area contributed by atoms with E-state index in [1.165, 1.54) is 0 Å². The molecule has 1 aromatic heterocycles. The third kappa shape index (κ3) is 3.20. The van der Waals surface area contributed by atoms with Crippen molar-refractivity contribution in [3.05, 3.63) is 42.2 Å². The minimum absolute atomic E-state index is 0. The molecule has 0 bridgehead atoms. The van der Waals surface area contributed by atoms with Gasteiger partial charge in [0.25, 0.3) is 5.15 Å². The van der Waals surface area contributed by atoms with E-state index in [1.807, 2.05) is 35.0 Å². The van der Waals surface area contributed by atoms with Crippen molar-refractivity contribution in [2.45, 2.75) is 6.54 Å². The van der Waals surface area contributed by atoms with Gasteiger partial charge >= 0.3 is 0 Å². The van der Waals surface area contributed by atoms with Gasteiger partial charge in [0.2, 0.25) is 0 Å². The number of hydrogen-bond acceptors (Lipinski definition) is 0. The molecular weight excluding hydrogens is 272 g/mol. The van der Waals surface area contributed by atoms with Gasteiger partial charge in [0.1, 0.15) is 0 Å². The molecule has 0 aliphatic heterocycles. The molecule has 1 aromatic rings. The van der Waals surface area contributed by atoms with Gasteiger partial charge in [-0.05, 0) is 23.7 Å². The van der Waals surface area contributed by atoms with Crippen molar-refractivity contribution in [3.63, 3.8) is 0 Å². The van der Waals surface area contributed by atoms with Crippen LogP contribution in [0.4, 0.5) is 0 Å². The Morgan fingerprint density at radius 2 is 2.27 bits per heavy atom. The largest absolute Gasteiger partial charge is 1.00 e. The highest BCUT2D eigenvalue weighted by Crippen LogP contribution is 1.97. The number of allylic oxidation sites excluding steroid dienone is 1. The molecule has 0 spiro atoms. The van der Waals surface area contributed by atoms with E-state index in [9.17, 15) is 0 Å². The highest BCUT2D eigenvalue weighted by molar-refractivity contribution is 6.28. The van der Waals surface area contributed by atoms with Gasteiger partial charge in [0.05, 0.1) is 0 Å². The molecule has 0 aromatic carbocycles. The number of hydrogen-bond donors (Lipinski definition) is 0. The predicted octanol–water partition coefficient (Wildman–Crippen LogP) is -1.18. The monoisotopic (exact) mass is 281 g/mol. The summed E-state index contributed by atoms with van der Waals surface area (Å²) in [4.78, 5) is 0. The van der Waals surface area contributed by atoms with Crippen LogP contribution >= 0.6 is 11.6 Å². The van der Waals surface area contributed by atoms with Gasteiger partial charge in [-0.2, -0.15) is 4.57 Å².